The van der Waals surface area contributed by atoms with Gasteiger partial charge in [-0.1, -0.05) is 42.5 Å². The summed E-state index contributed by atoms with van der Waals surface area (Å²) in [6.45, 7) is 6.42. The Morgan fingerprint density at radius 2 is 1.69 bits per heavy atom. The quantitative estimate of drug-likeness (QED) is 0.234. The van der Waals surface area contributed by atoms with Crippen molar-refractivity contribution in [2.45, 2.75) is 73.4 Å². The molecule has 0 bridgehead atoms. The Labute approximate surface area is 250 Å². The van der Waals surface area contributed by atoms with Crippen LogP contribution in [0.2, 0.25) is 0 Å². The number of aromatic nitrogens is 1. The minimum atomic E-state index is -3.41. The number of benzene rings is 3. The van der Waals surface area contributed by atoms with Gasteiger partial charge in [0.1, 0.15) is 5.60 Å². The highest BCUT2D eigenvalue weighted by Gasteiger charge is 2.35. The van der Waals surface area contributed by atoms with E-state index in [1.807, 2.05) is 72.8 Å². The van der Waals surface area contributed by atoms with Gasteiger partial charge in [0, 0.05) is 39.5 Å². The van der Waals surface area contributed by atoms with Gasteiger partial charge in [0.25, 0.3) is 0 Å². The zero-order valence-electron chi connectivity index (χ0n) is 24.6. The minimum Gasteiger partial charge on any atom is -0.383 e. The van der Waals surface area contributed by atoms with E-state index in [1.165, 1.54) is 20.1 Å². The predicted octanol–water partition coefficient (Wildman–Crippen LogP) is 6.12. The molecule has 1 aliphatic carbocycles. The van der Waals surface area contributed by atoms with Crippen LogP contribution < -0.4 is 0 Å². The van der Waals surface area contributed by atoms with Gasteiger partial charge < -0.3 is 5.11 Å². The van der Waals surface area contributed by atoms with Crippen molar-refractivity contribution in [1.82, 2.24) is 4.98 Å². The zero-order valence-corrected chi connectivity index (χ0v) is 26.3. The molecule has 1 aliphatic rings. The van der Waals surface area contributed by atoms with E-state index in [1.54, 1.807) is 20.0 Å². The van der Waals surface area contributed by atoms with Crippen LogP contribution in [0.1, 0.15) is 63.1 Å². The molecular weight excluding hydrogens is 567 g/mol. The number of nitrogens with zero attached hydrogens (tertiary/aromatic N) is 1. The van der Waals surface area contributed by atoms with Gasteiger partial charge in [-0.05, 0) is 99.5 Å². The molecule has 0 saturated heterocycles. The van der Waals surface area contributed by atoms with Crippen molar-refractivity contribution in [2.75, 3.05) is 6.26 Å². The molecule has 3 aromatic carbocycles. The zero-order chi connectivity index (χ0) is 30.4. The molecule has 1 N–H and O–H groups in total. The number of pyridine rings is 1. The van der Waals surface area contributed by atoms with Crippen molar-refractivity contribution in [3.8, 4) is 11.1 Å². The number of Topliss-reactive ketones (excluding diaryl/α,β-unsaturated/α-hetero) is 1. The van der Waals surface area contributed by atoms with Crippen molar-refractivity contribution < 1.29 is 22.5 Å². The number of sulfone groups is 1. The SMILES string of the molecule is CC(C)(O)C(=O)C(Cc1cccc(-c2cc(C(C)(C)S(C)(=O)=O)cc3cccnc23)c1)c1ccc(S(=O)C2CC2)cc1. The van der Waals surface area contributed by atoms with E-state index in [4.69, 9.17) is 0 Å². The first-order valence-electron chi connectivity index (χ1n) is 14.1. The number of ketones is 1. The number of aliphatic hydroxyl groups is 1. The molecule has 220 valence electrons. The fourth-order valence-electron chi connectivity index (χ4n) is 5.17. The molecule has 0 aliphatic heterocycles. The van der Waals surface area contributed by atoms with Gasteiger partial charge in [-0.15, -0.1) is 0 Å². The lowest BCUT2D eigenvalue weighted by molar-refractivity contribution is -0.135. The highest BCUT2D eigenvalue weighted by Crippen LogP contribution is 2.37. The first-order valence-corrected chi connectivity index (χ1v) is 17.2. The maximum Gasteiger partial charge on any atom is 0.171 e. The standard InChI is InChI=1S/C34H37NO5S2/c1-33(2,37)32(36)30(23-11-13-27(14-12-23)41(38)28-15-16-28)19-22-8-6-9-24(18-22)29-21-26(34(3,4)42(5,39)40)20-25-10-7-17-35-31(25)29/h6-14,17-18,20-21,28,30,37H,15-16,19H2,1-5H3. The molecular formula is C34H37NO5S2. The van der Waals surface area contributed by atoms with Gasteiger partial charge in [0.05, 0.1) is 21.1 Å². The van der Waals surface area contributed by atoms with Crippen LogP contribution in [0, 0.1) is 0 Å². The van der Waals surface area contributed by atoms with E-state index in [0.717, 1.165) is 50.9 Å². The third-order valence-electron chi connectivity index (χ3n) is 8.27. The minimum absolute atomic E-state index is 0.222. The molecule has 0 amide bonds. The Hall–Kier alpha value is -3.20. The Kier molecular flexibility index (Phi) is 8.02. The van der Waals surface area contributed by atoms with E-state index in [0.29, 0.717) is 12.0 Å². The van der Waals surface area contributed by atoms with Crippen LogP contribution in [0.3, 0.4) is 0 Å². The number of fused-ring (bicyclic) bond motifs is 1. The summed E-state index contributed by atoms with van der Waals surface area (Å²) >= 11 is 0. The summed E-state index contributed by atoms with van der Waals surface area (Å²) < 4.78 is 36.9. The van der Waals surface area contributed by atoms with E-state index >= 15 is 0 Å². The van der Waals surface area contributed by atoms with Crippen LogP contribution in [0.5, 0.6) is 0 Å². The van der Waals surface area contributed by atoms with Crippen molar-refractivity contribution in [3.63, 3.8) is 0 Å². The average Bonchev–Trinajstić information content (AvgIpc) is 3.79. The van der Waals surface area contributed by atoms with Crippen LogP contribution in [-0.2, 0) is 36.6 Å². The van der Waals surface area contributed by atoms with Crippen LogP contribution in [0.15, 0.2) is 83.9 Å². The van der Waals surface area contributed by atoms with Crippen molar-refractivity contribution in [1.29, 1.82) is 0 Å². The molecule has 4 aromatic rings. The molecule has 8 heteroatoms. The fraction of sp³-hybridized carbons (Fsp3) is 0.353. The second-order valence-electron chi connectivity index (χ2n) is 12.3. The number of hydrogen-bond acceptors (Lipinski definition) is 6. The molecule has 1 heterocycles. The molecule has 1 aromatic heterocycles. The van der Waals surface area contributed by atoms with Gasteiger partial charge >= 0.3 is 0 Å². The lowest BCUT2D eigenvalue weighted by atomic mass is 9.82. The normalized spacial score (nSPS) is 15.9. The highest BCUT2D eigenvalue weighted by molar-refractivity contribution is 7.91. The second-order valence-corrected chi connectivity index (χ2v) is 16.6. The summed E-state index contributed by atoms with van der Waals surface area (Å²) in [6.07, 6.45) is 5.27. The molecule has 0 spiro atoms. The lowest BCUT2D eigenvalue weighted by Crippen LogP contribution is -2.36. The molecule has 6 nitrogen and oxygen atoms in total. The van der Waals surface area contributed by atoms with Gasteiger partial charge in [-0.3, -0.25) is 14.0 Å². The predicted molar refractivity (Wildman–Crippen MR) is 169 cm³/mol. The van der Waals surface area contributed by atoms with E-state index < -0.39 is 36.9 Å². The van der Waals surface area contributed by atoms with Crippen molar-refractivity contribution >= 4 is 37.3 Å². The van der Waals surface area contributed by atoms with Crippen molar-refractivity contribution in [2.24, 2.45) is 0 Å². The van der Waals surface area contributed by atoms with Crippen LogP contribution in [0.4, 0.5) is 0 Å². The molecule has 1 saturated carbocycles. The molecule has 42 heavy (non-hydrogen) atoms. The maximum atomic E-state index is 13.5. The number of rotatable bonds is 10. The Morgan fingerprint density at radius 1 is 1.00 bits per heavy atom. The molecule has 1 fully saturated rings. The Morgan fingerprint density at radius 3 is 2.31 bits per heavy atom. The Balaban J connectivity index is 1.55. The molecule has 5 rings (SSSR count). The summed E-state index contributed by atoms with van der Waals surface area (Å²) in [7, 11) is -4.45. The summed E-state index contributed by atoms with van der Waals surface area (Å²) in [6, 6.07) is 22.7. The fourth-order valence-corrected chi connectivity index (χ4v) is 7.07. The van der Waals surface area contributed by atoms with Gasteiger partial charge in [0.15, 0.2) is 15.6 Å². The molecule has 2 unspecified atom stereocenters. The summed E-state index contributed by atoms with van der Waals surface area (Å²) in [5.41, 5.74) is 3.19. The third-order valence-corrected chi connectivity index (χ3v) is 12.2. The largest absolute Gasteiger partial charge is 0.383 e. The van der Waals surface area contributed by atoms with E-state index in [9.17, 15) is 22.5 Å². The van der Waals surface area contributed by atoms with Gasteiger partial charge in [0.2, 0.25) is 0 Å². The van der Waals surface area contributed by atoms with E-state index in [-0.39, 0.29) is 11.0 Å². The monoisotopic (exact) mass is 603 g/mol. The van der Waals surface area contributed by atoms with E-state index in [2.05, 4.69) is 4.98 Å². The number of carbonyl (C=O) groups is 1. The van der Waals surface area contributed by atoms with Crippen LogP contribution >= 0.6 is 0 Å². The van der Waals surface area contributed by atoms with Crippen molar-refractivity contribution in [3.05, 3.63) is 95.7 Å². The van der Waals surface area contributed by atoms with Crippen LogP contribution in [0.25, 0.3) is 22.0 Å². The second kappa shape index (κ2) is 11.1. The third kappa shape index (κ3) is 6.12. The summed E-state index contributed by atoms with van der Waals surface area (Å²) in [4.78, 5) is 18.9. The first kappa shape index (κ1) is 30.3. The van der Waals surface area contributed by atoms with Crippen LogP contribution in [-0.4, -0.2) is 45.6 Å². The van der Waals surface area contributed by atoms with Gasteiger partial charge in [-0.2, -0.15) is 0 Å². The highest BCUT2D eigenvalue weighted by atomic mass is 32.2. The lowest BCUT2D eigenvalue weighted by Gasteiger charge is -2.25. The molecule has 2 atom stereocenters. The Bertz CT molecular complexity index is 1780. The first-order chi connectivity index (χ1) is 19.7. The number of hydrogen-bond donors (Lipinski definition) is 1. The smallest absolute Gasteiger partial charge is 0.171 e. The summed E-state index contributed by atoms with van der Waals surface area (Å²) in [5, 5.41) is 11.7. The maximum absolute atomic E-state index is 13.5. The number of carbonyl (C=O) groups excluding carboxylic acids is 1. The summed E-state index contributed by atoms with van der Waals surface area (Å²) in [5.74, 6) is -0.915. The molecule has 0 radical (unpaired) electrons. The topological polar surface area (TPSA) is 101 Å². The van der Waals surface area contributed by atoms with Gasteiger partial charge in [-0.25, -0.2) is 8.42 Å². The average molecular weight is 604 g/mol.